The van der Waals surface area contributed by atoms with E-state index in [4.69, 9.17) is 5.73 Å². The molecule has 1 aromatic rings. The van der Waals surface area contributed by atoms with Crippen molar-refractivity contribution in [3.05, 3.63) is 11.9 Å². The molecule has 1 atom stereocenters. The molecule has 1 heterocycles. The van der Waals surface area contributed by atoms with Crippen molar-refractivity contribution in [2.45, 2.75) is 46.2 Å². The molecular formula is C12H23N5O. The first-order valence-corrected chi connectivity index (χ1v) is 6.55. The number of nitrogens with zero attached hydrogens (tertiary/aromatic N) is 4. The lowest BCUT2D eigenvalue weighted by Gasteiger charge is -2.18. The molecule has 6 nitrogen and oxygen atoms in total. The molecule has 0 aliphatic heterocycles. The Balaban J connectivity index is 2.61. The number of carbonyl (C=O) groups is 1. The SMILES string of the molecule is CCCC(N)c1cn(CC(=O)N(CC)CC)nn1. The molecule has 1 aromatic heterocycles. The van der Waals surface area contributed by atoms with E-state index in [0.29, 0.717) is 13.1 Å². The minimum Gasteiger partial charge on any atom is -0.342 e. The maximum Gasteiger partial charge on any atom is 0.244 e. The zero-order chi connectivity index (χ0) is 13.5. The number of aromatic nitrogens is 3. The number of rotatable bonds is 7. The smallest absolute Gasteiger partial charge is 0.244 e. The molecule has 18 heavy (non-hydrogen) atoms. The van der Waals surface area contributed by atoms with Gasteiger partial charge in [0.1, 0.15) is 6.54 Å². The Hall–Kier alpha value is -1.43. The van der Waals surface area contributed by atoms with Crippen molar-refractivity contribution < 1.29 is 4.79 Å². The molecule has 102 valence electrons. The van der Waals surface area contributed by atoms with E-state index in [1.54, 1.807) is 15.8 Å². The third-order valence-corrected chi connectivity index (χ3v) is 2.95. The van der Waals surface area contributed by atoms with Gasteiger partial charge in [0.05, 0.1) is 17.9 Å². The Morgan fingerprint density at radius 3 is 2.67 bits per heavy atom. The van der Waals surface area contributed by atoms with E-state index in [1.807, 2.05) is 13.8 Å². The molecule has 0 spiro atoms. The number of hydrogen-bond donors (Lipinski definition) is 1. The molecule has 2 N–H and O–H groups in total. The van der Waals surface area contributed by atoms with Crippen LogP contribution < -0.4 is 5.73 Å². The number of nitrogens with two attached hydrogens (primary N) is 1. The van der Waals surface area contributed by atoms with Gasteiger partial charge in [-0.05, 0) is 20.3 Å². The van der Waals surface area contributed by atoms with Gasteiger partial charge in [-0.3, -0.25) is 4.79 Å². The van der Waals surface area contributed by atoms with Gasteiger partial charge in [-0.15, -0.1) is 5.10 Å². The van der Waals surface area contributed by atoms with Crippen LogP contribution in [0.3, 0.4) is 0 Å². The van der Waals surface area contributed by atoms with Gasteiger partial charge in [0.15, 0.2) is 0 Å². The Bertz CT molecular complexity index is 372. The van der Waals surface area contributed by atoms with Gasteiger partial charge in [0.25, 0.3) is 0 Å². The summed E-state index contributed by atoms with van der Waals surface area (Å²) >= 11 is 0. The van der Waals surface area contributed by atoms with Crippen molar-refractivity contribution in [1.82, 2.24) is 19.9 Å². The van der Waals surface area contributed by atoms with E-state index in [-0.39, 0.29) is 18.5 Å². The van der Waals surface area contributed by atoms with E-state index >= 15 is 0 Å². The summed E-state index contributed by atoms with van der Waals surface area (Å²) in [6, 6.07) is -0.0905. The summed E-state index contributed by atoms with van der Waals surface area (Å²) in [4.78, 5) is 13.7. The summed E-state index contributed by atoms with van der Waals surface area (Å²) in [7, 11) is 0. The van der Waals surface area contributed by atoms with Gasteiger partial charge in [-0.1, -0.05) is 18.6 Å². The first kappa shape index (κ1) is 14.6. The van der Waals surface area contributed by atoms with Gasteiger partial charge in [-0.2, -0.15) is 0 Å². The molecule has 0 bridgehead atoms. The highest BCUT2D eigenvalue weighted by Gasteiger charge is 2.13. The van der Waals surface area contributed by atoms with Crippen LogP contribution in [-0.4, -0.2) is 38.9 Å². The van der Waals surface area contributed by atoms with Crippen LogP contribution in [-0.2, 0) is 11.3 Å². The van der Waals surface area contributed by atoms with E-state index in [9.17, 15) is 4.79 Å². The fourth-order valence-electron chi connectivity index (χ4n) is 1.83. The van der Waals surface area contributed by atoms with Gasteiger partial charge < -0.3 is 10.6 Å². The summed E-state index contributed by atoms with van der Waals surface area (Å²) in [6.45, 7) is 7.66. The molecule has 0 aliphatic rings. The highest BCUT2D eigenvalue weighted by molar-refractivity contribution is 5.75. The Labute approximate surface area is 108 Å². The average Bonchev–Trinajstić information content (AvgIpc) is 2.79. The normalized spacial score (nSPS) is 12.4. The van der Waals surface area contributed by atoms with Crippen molar-refractivity contribution in [3.63, 3.8) is 0 Å². The van der Waals surface area contributed by atoms with Crippen LogP contribution in [0.4, 0.5) is 0 Å². The summed E-state index contributed by atoms with van der Waals surface area (Å²) in [5, 5.41) is 7.97. The highest BCUT2D eigenvalue weighted by atomic mass is 16.2. The number of likely N-dealkylation sites (N-methyl/N-ethyl adjacent to an activating group) is 1. The molecule has 6 heteroatoms. The van der Waals surface area contributed by atoms with E-state index in [1.165, 1.54) is 0 Å². The molecule has 0 aromatic carbocycles. The lowest BCUT2D eigenvalue weighted by molar-refractivity contribution is -0.131. The number of carbonyl (C=O) groups excluding carboxylic acids is 1. The summed E-state index contributed by atoms with van der Waals surface area (Å²) in [5.41, 5.74) is 6.70. The lowest BCUT2D eigenvalue weighted by Crippen LogP contribution is -2.33. The fourth-order valence-corrected chi connectivity index (χ4v) is 1.83. The molecule has 1 unspecified atom stereocenters. The van der Waals surface area contributed by atoms with Crippen molar-refractivity contribution in [3.8, 4) is 0 Å². The van der Waals surface area contributed by atoms with E-state index in [2.05, 4.69) is 17.2 Å². The van der Waals surface area contributed by atoms with Crippen LogP contribution in [0, 0.1) is 0 Å². The third-order valence-electron chi connectivity index (χ3n) is 2.95. The molecule has 0 saturated heterocycles. The number of amides is 1. The minimum absolute atomic E-state index is 0.0560. The molecule has 1 amide bonds. The molecule has 1 rings (SSSR count). The highest BCUT2D eigenvalue weighted by Crippen LogP contribution is 2.11. The molecule has 0 fully saturated rings. The molecule has 0 radical (unpaired) electrons. The first-order valence-electron chi connectivity index (χ1n) is 6.55. The van der Waals surface area contributed by atoms with Crippen molar-refractivity contribution in [1.29, 1.82) is 0 Å². The first-order chi connectivity index (χ1) is 8.62. The third kappa shape index (κ3) is 3.80. The van der Waals surface area contributed by atoms with Crippen LogP contribution in [0.25, 0.3) is 0 Å². The standard InChI is InChI=1S/C12H23N5O/c1-4-7-10(13)11-8-17(15-14-11)9-12(18)16(5-2)6-3/h8,10H,4-7,9,13H2,1-3H3. The molecule has 0 aliphatic carbocycles. The molecule has 0 saturated carbocycles. The summed E-state index contributed by atoms with van der Waals surface area (Å²) < 4.78 is 1.56. The second-order valence-corrected chi connectivity index (χ2v) is 4.30. The summed E-state index contributed by atoms with van der Waals surface area (Å²) in [5.74, 6) is 0.0560. The van der Waals surface area contributed by atoms with Crippen molar-refractivity contribution >= 4 is 5.91 Å². The quantitative estimate of drug-likeness (QED) is 0.784. The topological polar surface area (TPSA) is 77.0 Å². The molecular weight excluding hydrogens is 230 g/mol. The van der Waals surface area contributed by atoms with Gasteiger partial charge in [0, 0.05) is 13.1 Å². The van der Waals surface area contributed by atoms with E-state index < -0.39 is 0 Å². The Morgan fingerprint density at radius 1 is 1.44 bits per heavy atom. The second kappa shape index (κ2) is 7.10. The average molecular weight is 253 g/mol. The monoisotopic (exact) mass is 253 g/mol. The minimum atomic E-state index is -0.0905. The van der Waals surface area contributed by atoms with Gasteiger partial charge in [0.2, 0.25) is 5.91 Å². The van der Waals surface area contributed by atoms with Crippen LogP contribution in [0.15, 0.2) is 6.20 Å². The Morgan fingerprint density at radius 2 is 2.11 bits per heavy atom. The van der Waals surface area contributed by atoms with Crippen LogP contribution in [0.1, 0.15) is 45.3 Å². The van der Waals surface area contributed by atoms with Crippen LogP contribution in [0.2, 0.25) is 0 Å². The number of hydrogen-bond acceptors (Lipinski definition) is 4. The predicted octanol–water partition coefficient (Wildman–Crippen LogP) is 0.946. The van der Waals surface area contributed by atoms with Gasteiger partial charge >= 0.3 is 0 Å². The fraction of sp³-hybridized carbons (Fsp3) is 0.750. The van der Waals surface area contributed by atoms with Crippen LogP contribution >= 0.6 is 0 Å². The summed E-state index contributed by atoms with van der Waals surface area (Å²) in [6.07, 6.45) is 3.65. The van der Waals surface area contributed by atoms with Crippen molar-refractivity contribution in [2.75, 3.05) is 13.1 Å². The lowest BCUT2D eigenvalue weighted by atomic mass is 10.1. The van der Waals surface area contributed by atoms with Gasteiger partial charge in [-0.25, -0.2) is 4.68 Å². The maximum absolute atomic E-state index is 11.9. The second-order valence-electron chi connectivity index (χ2n) is 4.30. The largest absolute Gasteiger partial charge is 0.342 e. The maximum atomic E-state index is 11.9. The zero-order valence-corrected chi connectivity index (χ0v) is 11.5. The van der Waals surface area contributed by atoms with Crippen LogP contribution in [0.5, 0.6) is 0 Å². The Kier molecular flexibility index (Phi) is 5.77. The predicted molar refractivity (Wildman–Crippen MR) is 69.8 cm³/mol. The van der Waals surface area contributed by atoms with E-state index in [0.717, 1.165) is 18.5 Å². The van der Waals surface area contributed by atoms with Crippen molar-refractivity contribution in [2.24, 2.45) is 5.73 Å². The zero-order valence-electron chi connectivity index (χ0n) is 11.5.